The number of carbonyl (C=O) groups is 2. The van der Waals surface area contributed by atoms with Crippen molar-refractivity contribution in [2.24, 2.45) is 5.73 Å². The van der Waals surface area contributed by atoms with Crippen molar-refractivity contribution in [3.8, 4) is 0 Å². The Hall–Kier alpha value is -0.660. The maximum Gasteiger partial charge on any atom is 0.315 e. The zero-order chi connectivity index (χ0) is 14.4. The highest BCUT2D eigenvalue weighted by Gasteiger charge is 2.42. The molecule has 0 aromatic carbocycles. The van der Waals surface area contributed by atoms with Crippen molar-refractivity contribution in [1.82, 2.24) is 16.0 Å². The summed E-state index contributed by atoms with van der Waals surface area (Å²) in [4.78, 5) is 22.8. The number of amides is 3. The first kappa shape index (κ1) is 18.4. The van der Waals surface area contributed by atoms with E-state index in [1.54, 1.807) is 0 Å². The lowest BCUT2D eigenvalue weighted by Crippen LogP contribution is -2.36. The third kappa shape index (κ3) is 5.56. The standard InChI is InChI=1S/C13H24N4O2S.ClH/c14-6-3-7-15-11(18)5-2-1-4-10-12-9(8-20-10)16-13(19)17-12;/h9-10,12H,1-8,14H2,(H,15,18)(H2,16,17,19);1H. The Morgan fingerprint density at radius 1 is 1.33 bits per heavy atom. The first-order valence-corrected chi connectivity index (χ1v) is 8.41. The lowest BCUT2D eigenvalue weighted by atomic mass is 10.0. The van der Waals surface area contributed by atoms with Crippen LogP contribution in [0.15, 0.2) is 0 Å². The van der Waals surface area contributed by atoms with Gasteiger partial charge >= 0.3 is 6.03 Å². The molecular weight excluding hydrogens is 312 g/mol. The zero-order valence-electron chi connectivity index (χ0n) is 12.1. The molecule has 122 valence electrons. The van der Waals surface area contributed by atoms with Gasteiger partial charge in [-0.25, -0.2) is 4.79 Å². The maximum absolute atomic E-state index is 11.5. The van der Waals surface area contributed by atoms with Crippen molar-refractivity contribution in [1.29, 1.82) is 0 Å². The van der Waals surface area contributed by atoms with Gasteiger partial charge in [-0.15, -0.1) is 12.4 Å². The van der Waals surface area contributed by atoms with Crippen LogP contribution in [0.2, 0.25) is 0 Å². The summed E-state index contributed by atoms with van der Waals surface area (Å²) in [5.41, 5.74) is 5.37. The molecule has 2 aliphatic heterocycles. The van der Waals surface area contributed by atoms with Crippen LogP contribution in [0.25, 0.3) is 0 Å². The highest BCUT2D eigenvalue weighted by molar-refractivity contribution is 8.00. The molecule has 2 fully saturated rings. The number of unbranched alkanes of at least 4 members (excludes halogenated alkanes) is 1. The van der Waals surface area contributed by atoms with E-state index in [2.05, 4.69) is 16.0 Å². The van der Waals surface area contributed by atoms with Crippen LogP contribution in [0, 0.1) is 0 Å². The second kappa shape index (κ2) is 9.38. The van der Waals surface area contributed by atoms with E-state index in [-0.39, 0.29) is 36.4 Å². The number of carbonyl (C=O) groups excluding carboxylic acids is 2. The van der Waals surface area contributed by atoms with Gasteiger partial charge in [0.05, 0.1) is 12.1 Å². The van der Waals surface area contributed by atoms with Crippen molar-refractivity contribution in [3.63, 3.8) is 0 Å². The largest absolute Gasteiger partial charge is 0.356 e. The quantitative estimate of drug-likeness (QED) is 0.385. The Bertz CT molecular complexity index is 359. The molecule has 2 heterocycles. The molecule has 0 spiro atoms. The molecule has 0 radical (unpaired) electrons. The molecule has 0 bridgehead atoms. The van der Waals surface area contributed by atoms with Gasteiger partial charge in [0, 0.05) is 24.0 Å². The first-order valence-electron chi connectivity index (χ1n) is 7.36. The second-order valence-corrected chi connectivity index (χ2v) is 6.63. The summed E-state index contributed by atoms with van der Waals surface area (Å²) in [5.74, 6) is 1.11. The van der Waals surface area contributed by atoms with Gasteiger partial charge in [0.15, 0.2) is 0 Å². The van der Waals surface area contributed by atoms with Crippen molar-refractivity contribution in [3.05, 3.63) is 0 Å². The predicted octanol–water partition coefficient (Wildman–Crippen LogP) is 0.599. The monoisotopic (exact) mass is 336 g/mol. The molecule has 2 rings (SSSR count). The third-order valence-corrected chi connectivity index (χ3v) is 5.29. The third-order valence-electron chi connectivity index (χ3n) is 3.78. The van der Waals surface area contributed by atoms with E-state index in [9.17, 15) is 9.59 Å². The van der Waals surface area contributed by atoms with Crippen LogP contribution in [0.4, 0.5) is 4.79 Å². The summed E-state index contributed by atoms with van der Waals surface area (Å²) in [6.07, 6.45) is 4.41. The molecule has 8 heteroatoms. The molecule has 0 aromatic rings. The van der Waals surface area contributed by atoms with Crippen LogP contribution in [0.5, 0.6) is 0 Å². The minimum absolute atomic E-state index is 0. The Morgan fingerprint density at radius 2 is 2.14 bits per heavy atom. The van der Waals surface area contributed by atoms with E-state index in [0.717, 1.165) is 31.4 Å². The van der Waals surface area contributed by atoms with E-state index < -0.39 is 0 Å². The minimum Gasteiger partial charge on any atom is -0.356 e. The van der Waals surface area contributed by atoms with Crippen LogP contribution in [-0.4, -0.2) is 48.1 Å². The van der Waals surface area contributed by atoms with Crippen molar-refractivity contribution >= 4 is 36.1 Å². The summed E-state index contributed by atoms with van der Waals surface area (Å²) in [6.45, 7) is 1.29. The Labute approximate surface area is 136 Å². The molecule has 3 atom stereocenters. The summed E-state index contributed by atoms with van der Waals surface area (Å²) < 4.78 is 0. The number of urea groups is 1. The molecule has 2 aliphatic rings. The van der Waals surface area contributed by atoms with E-state index in [0.29, 0.717) is 24.8 Å². The Morgan fingerprint density at radius 3 is 2.90 bits per heavy atom. The number of hydrogen-bond donors (Lipinski definition) is 4. The van der Waals surface area contributed by atoms with E-state index in [1.807, 2.05) is 11.8 Å². The Kier molecular flexibility index (Phi) is 8.21. The maximum atomic E-state index is 11.5. The number of thioether (sulfide) groups is 1. The highest BCUT2D eigenvalue weighted by atomic mass is 35.5. The van der Waals surface area contributed by atoms with Gasteiger partial charge in [-0.05, 0) is 25.8 Å². The van der Waals surface area contributed by atoms with Crippen LogP contribution >= 0.6 is 24.2 Å². The average Bonchev–Trinajstić information content (AvgIpc) is 2.95. The van der Waals surface area contributed by atoms with Gasteiger partial charge in [-0.1, -0.05) is 6.42 Å². The fourth-order valence-corrected chi connectivity index (χ4v) is 4.24. The first-order chi connectivity index (χ1) is 9.70. The second-order valence-electron chi connectivity index (χ2n) is 5.36. The summed E-state index contributed by atoms with van der Waals surface area (Å²) >= 11 is 1.92. The fourth-order valence-electron chi connectivity index (χ4n) is 2.69. The zero-order valence-corrected chi connectivity index (χ0v) is 13.7. The molecule has 5 N–H and O–H groups in total. The molecular formula is C13H25ClN4O2S. The summed E-state index contributed by atoms with van der Waals surface area (Å²) in [5, 5.41) is 9.27. The smallest absolute Gasteiger partial charge is 0.315 e. The van der Waals surface area contributed by atoms with E-state index in [1.165, 1.54) is 0 Å². The van der Waals surface area contributed by atoms with Gasteiger partial charge in [0.2, 0.25) is 5.91 Å². The minimum atomic E-state index is -0.0374. The van der Waals surface area contributed by atoms with Crippen LogP contribution in [0.1, 0.15) is 32.1 Å². The van der Waals surface area contributed by atoms with E-state index >= 15 is 0 Å². The van der Waals surface area contributed by atoms with Crippen LogP contribution in [0.3, 0.4) is 0 Å². The van der Waals surface area contributed by atoms with Gasteiger partial charge < -0.3 is 21.7 Å². The number of hydrogen-bond acceptors (Lipinski definition) is 4. The number of nitrogens with two attached hydrogens (primary N) is 1. The molecule has 3 amide bonds. The number of rotatable bonds is 8. The van der Waals surface area contributed by atoms with Gasteiger partial charge in [-0.3, -0.25) is 4.79 Å². The average molecular weight is 337 g/mol. The number of nitrogens with one attached hydrogen (secondary N) is 3. The molecule has 0 saturated carbocycles. The summed E-state index contributed by atoms with van der Waals surface area (Å²) in [7, 11) is 0. The molecule has 0 aliphatic carbocycles. The number of halogens is 1. The normalized spacial score (nSPS) is 26.5. The SMILES string of the molecule is Cl.NCCCNC(=O)CCCCC1SCC2NC(=O)NC21. The lowest BCUT2D eigenvalue weighted by Gasteiger charge is -2.16. The topological polar surface area (TPSA) is 96.2 Å². The molecule has 2 saturated heterocycles. The van der Waals surface area contributed by atoms with Crippen LogP contribution in [-0.2, 0) is 4.79 Å². The molecule has 21 heavy (non-hydrogen) atoms. The van der Waals surface area contributed by atoms with Crippen molar-refractivity contribution in [2.45, 2.75) is 49.4 Å². The van der Waals surface area contributed by atoms with Crippen molar-refractivity contribution < 1.29 is 9.59 Å². The fraction of sp³-hybridized carbons (Fsp3) is 0.846. The molecule has 0 aromatic heterocycles. The lowest BCUT2D eigenvalue weighted by molar-refractivity contribution is -0.121. The van der Waals surface area contributed by atoms with Gasteiger partial charge in [-0.2, -0.15) is 11.8 Å². The molecule has 6 nitrogen and oxygen atoms in total. The predicted molar refractivity (Wildman–Crippen MR) is 87.9 cm³/mol. The van der Waals surface area contributed by atoms with Gasteiger partial charge in [0.1, 0.15) is 0 Å². The van der Waals surface area contributed by atoms with Gasteiger partial charge in [0.25, 0.3) is 0 Å². The highest BCUT2D eigenvalue weighted by Crippen LogP contribution is 2.33. The Balaban J connectivity index is 0.00000220. The van der Waals surface area contributed by atoms with Crippen LogP contribution < -0.4 is 21.7 Å². The van der Waals surface area contributed by atoms with E-state index in [4.69, 9.17) is 5.73 Å². The number of fused-ring (bicyclic) bond motifs is 1. The van der Waals surface area contributed by atoms with Crippen molar-refractivity contribution in [2.75, 3.05) is 18.8 Å². The molecule has 3 unspecified atom stereocenters. The summed E-state index contributed by atoms with van der Waals surface area (Å²) in [6, 6.07) is 0.521.